The Morgan fingerprint density at radius 1 is 0.538 bits per heavy atom. The molecular formula is C22H44N6O10U-6. The van der Waals surface area contributed by atoms with Gasteiger partial charge < -0.3 is 61.2 Å². The maximum absolute atomic E-state index is 11.8. The van der Waals surface area contributed by atoms with Gasteiger partial charge in [-0.05, 0) is 25.7 Å². The molecule has 16 nitrogen and oxygen atoms in total. The number of carbonyl (C=O) groups excluding carboxylic acids is 2. The maximum atomic E-state index is 11.8. The molecule has 4 amide bonds. The summed E-state index contributed by atoms with van der Waals surface area (Å²) < 4.78 is 0. The molecule has 232 valence electrons. The summed E-state index contributed by atoms with van der Waals surface area (Å²) in [6.07, 6.45) is 9.19. The molecule has 2 rings (SSSR count). The van der Waals surface area contributed by atoms with Gasteiger partial charge in [-0.1, -0.05) is 53.4 Å². The van der Waals surface area contributed by atoms with Crippen LogP contribution in [0.25, 0.3) is 0 Å². The zero-order chi connectivity index (χ0) is 27.9. The number of nitrogens with zero attached hydrogens (tertiary/aromatic N) is 6. The molecule has 2 heterocycles. The molecule has 0 unspecified atom stereocenters. The Kier molecular flexibility index (Phi) is 36.5. The molecular weight excluding hydrogens is 746 g/mol. The summed E-state index contributed by atoms with van der Waals surface area (Å²) >= 11 is 0. The normalized spacial score (nSPS) is 13.3. The van der Waals surface area contributed by atoms with Gasteiger partial charge in [-0.2, -0.15) is 0 Å². The van der Waals surface area contributed by atoms with Crippen molar-refractivity contribution in [1.82, 2.24) is 19.6 Å². The van der Waals surface area contributed by atoms with Gasteiger partial charge in [-0.15, -0.1) is 0 Å². The van der Waals surface area contributed by atoms with Gasteiger partial charge in [0, 0.05) is 83.5 Å². The molecule has 2 aliphatic rings. The first-order valence-electron chi connectivity index (χ1n) is 12.8. The topological polar surface area (TPSA) is 236 Å². The Morgan fingerprint density at radius 3 is 0.821 bits per heavy atom. The summed E-state index contributed by atoms with van der Waals surface area (Å²) in [6.45, 7) is 16.2. The fraction of sp³-hybridized carbons (Fsp3) is 0.909. The van der Waals surface area contributed by atoms with Gasteiger partial charge in [0.15, 0.2) is 0 Å². The molecule has 0 aromatic rings. The molecule has 0 spiro atoms. The molecule has 0 aromatic carbocycles. The number of urea groups is 2. The minimum Gasteiger partial charge on any atom is -2.00 e. The van der Waals surface area contributed by atoms with E-state index in [-0.39, 0.29) is 54.1 Å². The van der Waals surface area contributed by atoms with Gasteiger partial charge >= 0.3 is 12.1 Å². The van der Waals surface area contributed by atoms with Crippen molar-refractivity contribution in [3.8, 4) is 0 Å². The van der Waals surface area contributed by atoms with Crippen molar-refractivity contribution in [3.05, 3.63) is 30.6 Å². The Morgan fingerprint density at radius 2 is 0.692 bits per heavy atom. The second-order valence-electron chi connectivity index (χ2n) is 8.37. The molecule has 39 heavy (non-hydrogen) atoms. The number of unbranched alkanes of at least 4 members (excludes halogenated alkanes) is 4. The van der Waals surface area contributed by atoms with Crippen LogP contribution in [0.4, 0.5) is 9.59 Å². The molecule has 2 fully saturated rings. The van der Waals surface area contributed by atoms with Crippen LogP contribution < -0.4 is 0 Å². The third-order valence-electron chi connectivity index (χ3n) is 5.49. The van der Waals surface area contributed by atoms with E-state index in [2.05, 4.69) is 27.7 Å². The summed E-state index contributed by atoms with van der Waals surface area (Å²) in [4.78, 5) is 48.0. The van der Waals surface area contributed by atoms with E-state index in [4.69, 9.17) is 30.6 Å². The molecule has 0 N–H and O–H groups in total. The van der Waals surface area contributed by atoms with Crippen LogP contribution in [0.2, 0.25) is 0 Å². The van der Waals surface area contributed by atoms with Crippen molar-refractivity contribution in [2.24, 2.45) is 0 Å². The van der Waals surface area contributed by atoms with Crippen LogP contribution in [-0.4, -0.2) is 94.2 Å². The molecule has 17 heteroatoms. The second kappa shape index (κ2) is 30.5. The largest absolute Gasteiger partial charge is 2.00 e. The van der Waals surface area contributed by atoms with E-state index in [9.17, 15) is 9.59 Å². The van der Waals surface area contributed by atoms with E-state index in [1.807, 2.05) is 19.6 Å². The van der Waals surface area contributed by atoms with Crippen LogP contribution in [0.15, 0.2) is 0 Å². The van der Waals surface area contributed by atoms with Gasteiger partial charge in [0.25, 0.3) is 0 Å². The molecule has 0 atom stereocenters. The predicted molar refractivity (Wildman–Crippen MR) is 139 cm³/mol. The monoisotopic (exact) mass is 790 g/mol. The summed E-state index contributed by atoms with van der Waals surface area (Å²) in [5.41, 5.74) is 0. The number of carbonyl (C=O) groups is 2. The zero-order valence-electron chi connectivity index (χ0n) is 23.6. The first-order chi connectivity index (χ1) is 17.0. The molecule has 2 aliphatic heterocycles. The van der Waals surface area contributed by atoms with Crippen LogP contribution in [0.1, 0.15) is 79.1 Å². The summed E-state index contributed by atoms with van der Waals surface area (Å²) in [5.74, 6) is 0. The fourth-order valence-electron chi connectivity index (χ4n) is 3.49. The van der Waals surface area contributed by atoms with Crippen LogP contribution >= 0.6 is 0 Å². The average Bonchev–Trinajstić information content (AvgIpc) is 3.34. The second-order valence-corrected chi connectivity index (χ2v) is 8.37. The molecule has 0 aromatic heterocycles. The van der Waals surface area contributed by atoms with Gasteiger partial charge in [0.2, 0.25) is 0 Å². The smallest absolute Gasteiger partial charge is 0.320 e. The summed E-state index contributed by atoms with van der Waals surface area (Å²) in [7, 11) is 0. The number of hydrogen-bond donors (Lipinski definition) is 0. The third-order valence-corrected chi connectivity index (χ3v) is 5.49. The van der Waals surface area contributed by atoms with Crippen molar-refractivity contribution in [2.75, 3.05) is 52.4 Å². The standard InChI is InChI=1S/2C11H22N2O.2NO3.2O.U/c2*1-3-5-7-12-9-10-13(11(12)14)8-6-4-2;2*2-1(3)4;;;/h2*3-10H2,1-2H3;;;;;/q;;2*-1;2*-2;. The molecule has 0 bridgehead atoms. The van der Waals surface area contributed by atoms with E-state index < -0.39 is 10.2 Å². The van der Waals surface area contributed by atoms with Crippen molar-refractivity contribution in [3.63, 3.8) is 0 Å². The van der Waals surface area contributed by atoms with Gasteiger partial charge in [-0.3, -0.25) is 0 Å². The fourth-order valence-corrected chi connectivity index (χ4v) is 3.49. The van der Waals surface area contributed by atoms with Crippen molar-refractivity contribution in [2.45, 2.75) is 79.1 Å². The Bertz CT molecular complexity index is 540. The van der Waals surface area contributed by atoms with Gasteiger partial charge in [0.1, 0.15) is 0 Å². The van der Waals surface area contributed by atoms with E-state index in [1.54, 1.807) is 0 Å². The first kappa shape index (κ1) is 46.7. The Labute approximate surface area is 254 Å². The number of amides is 4. The van der Waals surface area contributed by atoms with Crippen LogP contribution in [0.5, 0.6) is 0 Å². The molecule has 0 aliphatic carbocycles. The zero-order valence-corrected chi connectivity index (χ0v) is 27.7. The Hall–Kier alpha value is -2.09. The van der Waals surface area contributed by atoms with E-state index in [0.29, 0.717) is 0 Å². The van der Waals surface area contributed by atoms with Crippen molar-refractivity contribution < 1.29 is 61.8 Å². The molecule has 0 radical (unpaired) electrons. The SMILES string of the molecule is CCCCN1CCN(CCCC)C1=O.CCCCN1CCN(CCCC)C1=O.O=[N+]([O-])[O-].O=[N+]([O-])[O-].[O-2].[O-2].[U]. The van der Waals surface area contributed by atoms with E-state index in [0.717, 1.165) is 78.0 Å². The number of rotatable bonds is 12. The molecule has 2 saturated heterocycles. The van der Waals surface area contributed by atoms with Crippen LogP contribution in [0, 0.1) is 61.8 Å². The van der Waals surface area contributed by atoms with Crippen LogP contribution in [0.3, 0.4) is 0 Å². The summed E-state index contributed by atoms with van der Waals surface area (Å²) in [5, 5.41) is 29.5. The number of hydrogen-bond acceptors (Lipinski definition) is 8. The average molecular weight is 791 g/mol. The third kappa shape index (κ3) is 25.9. The first-order valence-corrected chi connectivity index (χ1v) is 12.8. The maximum Gasteiger partial charge on any atom is 0.320 e. The Balaban J connectivity index is -0.000000146. The minimum absolute atomic E-state index is 0. The van der Waals surface area contributed by atoms with E-state index in [1.165, 1.54) is 25.7 Å². The van der Waals surface area contributed by atoms with Crippen LogP contribution in [-0.2, 0) is 11.0 Å². The predicted octanol–water partition coefficient (Wildman–Crippen LogP) is 3.93. The summed E-state index contributed by atoms with van der Waals surface area (Å²) in [6, 6.07) is 0.513. The van der Waals surface area contributed by atoms with Gasteiger partial charge in [0.05, 0.1) is 10.2 Å². The quantitative estimate of drug-likeness (QED) is 0.207. The van der Waals surface area contributed by atoms with E-state index >= 15 is 0 Å². The minimum atomic E-state index is -1.75. The van der Waals surface area contributed by atoms with Crippen molar-refractivity contribution >= 4 is 12.1 Å². The molecule has 0 saturated carbocycles. The van der Waals surface area contributed by atoms with Gasteiger partial charge in [-0.25, -0.2) is 9.59 Å². The van der Waals surface area contributed by atoms with Crippen molar-refractivity contribution in [1.29, 1.82) is 0 Å².